The lowest BCUT2D eigenvalue weighted by Gasteiger charge is -2.43. The molecule has 0 spiro atoms. The van der Waals surface area contributed by atoms with Crippen molar-refractivity contribution in [3.8, 4) is 0 Å². The molecule has 94 valence electrons. The molecule has 16 heavy (non-hydrogen) atoms. The second kappa shape index (κ2) is 4.63. The van der Waals surface area contributed by atoms with Crippen LogP contribution in [-0.2, 0) is 4.74 Å². The first-order chi connectivity index (χ1) is 7.57. The van der Waals surface area contributed by atoms with Crippen molar-refractivity contribution in [2.45, 2.75) is 57.2 Å². The van der Waals surface area contributed by atoms with Crippen molar-refractivity contribution in [2.75, 3.05) is 20.2 Å². The Morgan fingerprint density at radius 3 is 2.50 bits per heavy atom. The first-order valence-electron chi connectivity index (χ1n) is 6.61. The normalized spacial score (nSPS) is 34.3. The van der Waals surface area contributed by atoms with E-state index >= 15 is 0 Å². The Morgan fingerprint density at radius 2 is 2.06 bits per heavy atom. The molecule has 2 fully saturated rings. The maximum atomic E-state index is 6.01. The predicted octanol–water partition coefficient (Wildman–Crippen LogP) is 1.61. The summed E-state index contributed by atoms with van der Waals surface area (Å²) < 4.78 is 5.66. The van der Waals surface area contributed by atoms with Crippen LogP contribution in [0.2, 0.25) is 0 Å². The molecule has 2 rings (SSSR count). The number of nitrogens with zero attached hydrogens (tertiary/aromatic N) is 1. The molecule has 0 aromatic carbocycles. The van der Waals surface area contributed by atoms with Gasteiger partial charge in [0, 0.05) is 24.7 Å². The fourth-order valence-electron chi connectivity index (χ4n) is 2.94. The molecule has 3 heteroatoms. The van der Waals surface area contributed by atoms with Crippen molar-refractivity contribution in [3.63, 3.8) is 0 Å². The highest BCUT2D eigenvalue weighted by Gasteiger charge is 2.40. The van der Waals surface area contributed by atoms with Crippen molar-refractivity contribution < 1.29 is 4.74 Å². The summed E-state index contributed by atoms with van der Waals surface area (Å²) in [7, 11) is 2.23. The number of hydrogen-bond acceptors (Lipinski definition) is 3. The van der Waals surface area contributed by atoms with Gasteiger partial charge in [-0.2, -0.15) is 0 Å². The van der Waals surface area contributed by atoms with E-state index in [1.54, 1.807) is 0 Å². The van der Waals surface area contributed by atoms with Gasteiger partial charge in [0.2, 0.25) is 0 Å². The lowest BCUT2D eigenvalue weighted by Crippen LogP contribution is -2.55. The van der Waals surface area contributed by atoms with E-state index < -0.39 is 0 Å². The quantitative estimate of drug-likeness (QED) is 0.774. The molecule has 1 saturated heterocycles. The van der Waals surface area contributed by atoms with Crippen LogP contribution in [0.25, 0.3) is 0 Å². The highest BCUT2D eigenvalue weighted by molar-refractivity contribution is 4.96. The maximum absolute atomic E-state index is 6.01. The van der Waals surface area contributed by atoms with Crippen LogP contribution in [0.4, 0.5) is 0 Å². The molecule has 2 N–H and O–H groups in total. The molecule has 3 atom stereocenters. The second-order valence-electron chi connectivity index (χ2n) is 5.89. The van der Waals surface area contributed by atoms with Crippen LogP contribution in [0.15, 0.2) is 0 Å². The van der Waals surface area contributed by atoms with E-state index in [0.29, 0.717) is 12.1 Å². The lowest BCUT2D eigenvalue weighted by molar-refractivity contribution is 0.0298. The summed E-state index contributed by atoms with van der Waals surface area (Å²) in [5.74, 6) is 0.925. The van der Waals surface area contributed by atoms with Crippen LogP contribution in [0.1, 0.15) is 39.5 Å². The first-order valence-corrected chi connectivity index (χ1v) is 6.61. The molecule has 1 aliphatic carbocycles. The third-order valence-corrected chi connectivity index (χ3v) is 4.55. The second-order valence-corrected chi connectivity index (χ2v) is 5.89. The largest absolute Gasteiger partial charge is 0.377 e. The summed E-state index contributed by atoms with van der Waals surface area (Å²) in [6.45, 7) is 6.15. The number of hydrogen-bond donors (Lipinski definition) is 1. The van der Waals surface area contributed by atoms with Crippen molar-refractivity contribution >= 4 is 0 Å². The molecule has 3 nitrogen and oxygen atoms in total. The highest BCUT2D eigenvalue weighted by atomic mass is 16.5. The average molecular weight is 226 g/mol. The van der Waals surface area contributed by atoms with Gasteiger partial charge in [-0.1, -0.05) is 12.8 Å². The number of ether oxygens (including phenoxy) is 1. The van der Waals surface area contributed by atoms with Crippen LogP contribution < -0.4 is 5.73 Å². The molecular formula is C13H26N2O. The summed E-state index contributed by atoms with van der Waals surface area (Å²) in [5, 5.41) is 0. The molecule has 1 heterocycles. The van der Waals surface area contributed by atoms with Gasteiger partial charge in [-0.25, -0.2) is 0 Å². The average Bonchev–Trinajstić information content (AvgIpc) is 2.97. The van der Waals surface area contributed by atoms with E-state index in [-0.39, 0.29) is 5.54 Å². The Labute approximate surface area is 99.3 Å². The topological polar surface area (TPSA) is 38.5 Å². The number of rotatable bonds is 5. The summed E-state index contributed by atoms with van der Waals surface area (Å²) in [6.07, 6.45) is 5.57. The van der Waals surface area contributed by atoms with E-state index in [1.807, 2.05) is 0 Å². The van der Waals surface area contributed by atoms with E-state index in [1.165, 1.54) is 19.3 Å². The van der Waals surface area contributed by atoms with Gasteiger partial charge >= 0.3 is 0 Å². The van der Waals surface area contributed by atoms with Gasteiger partial charge in [-0.3, -0.25) is 4.90 Å². The molecule has 2 aliphatic rings. The minimum absolute atomic E-state index is 0.161. The highest BCUT2D eigenvalue weighted by Crippen LogP contribution is 2.39. The molecule has 0 amide bonds. The van der Waals surface area contributed by atoms with Crippen molar-refractivity contribution in [1.29, 1.82) is 0 Å². The van der Waals surface area contributed by atoms with E-state index in [0.717, 1.165) is 25.5 Å². The van der Waals surface area contributed by atoms with Gasteiger partial charge in [-0.05, 0) is 39.7 Å². The predicted molar refractivity (Wildman–Crippen MR) is 66.4 cm³/mol. The molecule has 0 bridgehead atoms. The standard InChI is InChI=1S/C13H26N2O/c1-10-12(6-7-16-10)15(3)13(2,9-14)8-11-4-5-11/h10-12H,4-9,14H2,1-3H3. The summed E-state index contributed by atoms with van der Waals surface area (Å²) >= 11 is 0. The summed E-state index contributed by atoms with van der Waals surface area (Å²) in [5.41, 5.74) is 6.18. The van der Waals surface area contributed by atoms with Crippen LogP contribution in [-0.4, -0.2) is 42.8 Å². The summed E-state index contributed by atoms with van der Waals surface area (Å²) in [6, 6.07) is 0.548. The monoisotopic (exact) mass is 226 g/mol. The Balaban J connectivity index is 2.00. The molecule has 1 saturated carbocycles. The van der Waals surface area contributed by atoms with Gasteiger partial charge in [0.25, 0.3) is 0 Å². The maximum Gasteiger partial charge on any atom is 0.0703 e. The minimum atomic E-state index is 0.161. The summed E-state index contributed by atoms with van der Waals surface area (Å²) in [4.78, 5) is 2.49. The van der Waals surface area contributed by atoms with Crippen LogP contribution in [0.3, 0.4) is 0 Å². The van der Waals surface area contributed by atoms with Gasteiger partial charge in [0.05, 0.1) is 6.10 Å². The Kier molecular flexibility index (Phi) is 3.57. The van der Waals surface area contributed by atoms with E-state index in [4.69, 9.17) is 10.5 Å². The van der Waals surface area contributed by atoms with Crippen LogP contribution in [0, 0.1) is 5.92 Å². The Hall–Kier alpha value is -0.120. The van der Waals surface area contributed by atoms with Crippen molar-refractivity contribution in [3.05, 3.63) is 0 Å². The zero-order valence-corrected chi connectivity index (χ0v) is 10.9. The van der Waals surface area contributed by atoms with Crippen LogP contribution in [0.5, 0.6) is 0 Å². The minimum Gasteiger partial charge on any atom is -0.377 e. The van der Waals surface area contributed by atoms with Gasteiger partial charge in [0.1, 0.15) is 0 Å². The number of likely N-dealkylation sites (N-methyl/N-ethyl adjacent to an activating group) is 1. The molecule has 0 radical (unpaired) electrons. The van der Waals surface area contributed by atoms with E-state index in [2.05, 4.69) is 25.8 Å². The van der Waals surface area contributed by atoms with Gasteiger partial charge in [0.15, 0.2) is 0 Å². The fourth-order valence-corrected chi connectivity index (χ4v) is 2.94. The molecule has 3 unspecified atom stereocenters. The third-order valence-electron chi connectivity index (χ3n) is 4.55. The Morgan fingerprint density at radius 1 is 1.38 bits per heavy atom. The van der Waals surface area contributed by atoms with Gasteiger partial charge in [-0.15, -0.1) is 0 Å². The Bertz CT molecular complexity index is 242. The number of nitrogens with two attached hydrogens (primary N) is 1. The molecule has 0 aromatic heterocycles. The third kappa shape index (κ3) is 2.41. The first kappa shape index (κ1) is 12.3. The molecule has 0 aromatic rings. The zero-order valence-electron chi connectivity index (χ0n) is 10.9. The smallest absolute Gasteiger partial charge is 0.0703 e. The van der Waals surface area contributed by atoms with Gasteiger partial charge < -0.3 is 10.5 Å². The fraction of sp³-hybridized carbons (Fsp3) is 1.00. The van der Waals surface area contributed by atoms with Crippen molar-refractivity contribution in [1.82, 2.24) is 4.90 Å². The van der Waals surface area contributed by atoms with Crippen LogP contribution >= 0.6 is 0 Å². The van der Waals surface area contributed by atoms with Crippen molar-refractivity contribution in [2.24, 2.45) is 11.7 Å². The SMILES string of the molecule is CC1OCCC1N(C)C(C)(CN)CC1CC1. The molecule has 1 aliphatic heterocycles. The molecular weight excluding hydrogens is 200 g/mol. The zero-order chi connectivity index (χ0) is 11.8. The lowest BCUT2D eigenvalue weighted by atomic mass is 9.90. The van der Waals surface area contributed by atoms with E-state index in [9.17, 15) is 0 Å².